The maximum atomic E-state index is 12.1. The molecule has 0 aromatic rings. The van der Waals surface area contributed by atoms with E-state index >= 15 is 0 Å². The van der Waals surface area contributed by atoms with Crippen LogP contribution in [0.2, 0.25) is 0 Å². The molecule has 3 fully saturated rings. The normalized spacial score (nSPS) is 39.3. The molecule has 0 heterocycles. The summed E-state index contributed by atoms with van der Waals surface area (Å²) in [6, 6.07) is 0. The van der Waals surface area contributed by atoms with E-state index < -0.39 is 5.97 Å². The summed E-state index contributed by atoms with van der Waals surface area (Å²) in [6.45, 7) is 12.4. The van der Waals surface area contributed by atoms with Crippen LogP contribution in [0.25, 0.3) is 0 Å². The van der Waals surface area contributed by atoms with E-state index in [2.05, 4.69) is 40.7 Å². The van der Waals surface area contributed by atoms with Crippen LogP contribution in [0, 0.1) is 46.3 Å². The van der Waals surface area contributed by atoms with Crippen molar-refractivity contribution in [1.29, 1.82) is 0 Å². The first-order valence-electron chi connectivity index (χ1n) is 14.7. The number of esters is 1. The number of ether oxygens (including phenoxy) is 1. The van der Waals surface area contributed by atoms with Gasteiger partial charge in [-0.2, -0.15) is 0 Å². The first-order valence-corrected chi connectivity index (χ1v) is 14.7. The number of aliphatic carboxylic acids is 1. The van der Waals surface area contributed by atoms with E-state index in [4.69, 9.17) is 9.84 Å². The number of carbonyl (C=O) groups excluding carboxylic acids is 1. The Balaban J connectivity index is 1.40. The highest BCUT2D eigenvalue weighted by atomic mass is 16.5. The Labute approximate surface area is 213 Å². The van der Waals surface area contributed by atoms with Gasteiger partial charge in [0, 0.05) is 6.42 Å². The predicted octanol–water partition coefficient (Wildman–Crippen LogP) is 7.80. The molecule has 35 heavy (non-hydrogen) atoms. The summed E-state index contributed by atoms with van der Waals surface area (Å²) < 4.78 is 5.70. The molecule has 0 bridgehead atoms. The molecule has 0 radical (unpaired) electrons. The lowest BCUT2D eigenvalue weighted by molar-refractivity contribution is -0.154. The van der Waals surface area contributed by atoms with Crippen molar-refractivity contribution in [2.75, 3.05) is 0 Å². The van der Waals surface area contributed by atoms with Gasteiger partial charge in [-0.05, 0) is 91.3 Å². The monoisotopic (exact) mass is 486 g/mol. The van der Waals surface area contributed by atoms with Crippen LogP contribution in [0.3, 0.4) is 0 Å². The van der Waals surface area contributed by atoms with Gasteiger partial charge in [-0.25, -0.2) is 0 Å². The van der Waals surface area contributed by atoms with Crippen molar-refractivity contribution < 1.29 is 19.4 Å². The van der Waals surface area contributed by atoms with E-state index in [1.807, 2.05) is 0 Å². The van der Waals surface area contributed by atoms with Gasteiger partial charge < -0.3 is 9.84 Å². The second kappa shape index (κ2) is 10.6. The minimum absolute atomic E-state index is 0.0236. The fraction of sp³-hybridized carbons (Fsp3) is 0.871. The Morgan fingerprint density at radius 3 is 2.51 bits per heavy atom. The molecule has 4 rings (SSSR count). The Kier molecular flexibility index (Phi) is 8.08. The largest absolute Gasteiger partial charge is 0.481 e. The van der Waals surface area contributed by atoms with Gasteiger partial charge in [0.1, 0.15) is 6.10 Å². The highest BCUT2D eigenvalue weighted by molar-refractivity contribution is 5.76. The minimum Gasteiger partial charge on any atom is -0.481 e. The van der Waals surface area contributed by atoms with E-state index in [-0.39, 0.29) is 30.3 Å². The standard InChI is InChI=1S/C31H50O4/c1-20(2)7-6-8-21(3)25-11-12-26-24-10-9-22-19-23(35-29(34)14-13-28(32)33)15-17-30(22,4)27(24)16-18-31(25,26)5/h9,20-21,23-27H,6-8,10-19H2,1-5H3,(H,32,33)/t21?,23-,24-,25+,26?,27?,30-,31+/m0/s1. The van der Waals surface area contributed by atoms with Gasteiger partial charge in [0.15, 0.2) is 0 Å². The summed E-state index contributed by atoms with van der Waals surface area (Å²) in [5, 5.41) is 8.84. The molecule has 8 atom stereocenters. The molecule has 0 spiro atoms. The quantitative estimate of drug-likeness (QED) is 0.267. The Hall–Kier alpha value is -1.32. The van der Waals surface area contributed by atoms with Gasteiger partial charge in [0.05, 0.1) is 12.8 Å². The van der Waals surface area contributed by atoms with Crippen molar-refractivity contribution >= 4 is 11.9 Å². The number of rotatable bonds is 9. The fourth-order valence-corrected chi connectivity index (χ4v) is 9.21. The third-order valence-corrected chi connectivity index (χ3v) is 11.1. The average molecular weight is 487 g/mol. The predicted molar refractivity (Wildman–Crippen MR) is 140 cm³/mol. The van der Waals surface area contributed by atoms with Crippen molar-refractivity contribution in [2.45, 2.75) is 124 Å². The summed E-state index contributed by atoms with van der Waals surface area (Å²) in [4.78, 5) is 22.9. The molecule has 3 saturated carbocycles. The van der Waals surface area contributed by atoms with Crippen molar-refractivity contribution in [1.82, 2.24) is 0 Å². The third kappa shape index (κ3) is 5.37. The van der Waals surface area contributed by atoms with Crippen molar-refractivity contribution in [2.24, 2.45) is 46.3 Å². The van der Waals surface area contributed by atoms with Gasteiger partial charge in [-0.3, -0.25) is 9.59 Å². The molecule has 0 aromatic heterocycles. The Morgan fingerprint density at radius 2 is 1.80 bits per heavy atom. The fourth-order valence-electron chi connectivity index (χ4n) is 9.21. The number of fused-ring (bicyclic) bond motifs is 5. The summed E-state index contributed by atoms with van der Waals surface area (Å²) in [7, 11) is 0. The number of carboxylic acid groups (broad SMARTS) is 1. The van der Waals surface area contributed by atoms with Gasteiger partial charge in [-0.1, -0.05) is 65.5 Å². The van der Waals surface area contributed by atoms with Gasteiger partial charge >= 0.3 is 11.9 Å². The van der Waals surface area contributed by atoms with Crippen LogP contribution in [0.1, 0.15) is 118 Å². The molecule has 4 aliphatic rings. The molecule has 4 heteroatoms. The molecule has 198 valence electrons. The summed E-state index contributed by atoms with van der Waals surface area (Å²) >= 11 is 0. The number of carboxylic acids is 1. The number of carbonyl (C=O) groups is 2. The lowest BCUT2D eigenvalue weighted by atomic mass is 9.47. The Bertz CT molecular complexity index is 815. The summed E-state index contributed by atoms with van der Waals surface area (Å²) in [6.07, 6.45) is 16.0. The number of hydrogen-bond donors (Lipinski definition) is 1. The van der Waals surface area contributed by atoms with Crippen molar-refractivity contribution in [3.05, 3.63) is 11.6 Å². The number of hydrogen-bond acceptors (Lipinski definition) is 3. The van der Waals surface area contributed by atoms with Crippen LogP contribution in [-0.4, -0.2) is 23.1 Å². The maximum absolute atomic E-state index is 12.1. The second-order valence-corrected chi connectivity index (χ2v) is 13.5. The number of allylic oxidation sites excluding steroid dienone is 1. The molecule has 0 amide bonds. The van der Waals surface area contributed by atoms with Crippen LogP contribution in [0.15, 0.2) is 11.6 Å². The van der Waals surface area contributed by atoms with Crippen molar-refractivity contribution in [3.63, 3.8) is 0 Å². The Morgan fingerprint density at radius 1 is 1.03 bits per heavy atom. The lowest BCUT2D eigenvalue weighted by Crippen LogP contribution is -2.51. The van der Waals surface area contributed by atoms with E-state index in [1.54, 1.807) is 0 Å². The highest BCUT2D eigenvalue weighted by Crippen LogP contribution is 2.67. The van der Waals surface area contributed by atoms with Gasteiger partial charge in [0.2, 0.25) is 0 Å². The van der Waals surface area contributed by atoms with Crippen molar-refractivity contribution in [3.8, 4) is 0 Å². The first kappa shape index (κ1) is 26.7. The maximum Gasteiger partial charge on any atom is 0.306 e. The molecule has 3 unspecified atom stereocenters. The topological polar surface area (TPSA) is 63.6 Å². The molecule has 0 saturated heterocycles. The molecule has 0 aromatic carbocycles. The zero-order valence-electron chi connectivity index (χ0n) is 23.0. The third-order valence-electron chi connectivity index (χ3n) is 11.1. The highest BCUT2D eigenvalue weighted by Gasteiger charge is 2.59. The SMILES string of the molecule is CC(C)CCCC(C)[C@H]1CCC2[C@@H]3CC=C4C[C@@H](OC(=O)CCC(=O)O)CC[C@]4(C)C3CC[C@@]21C. The first-order chi connectivity index (χ1) is 16.5. The van der Waals surface area contributed by atoms with Crippen LogP contribution in [0.5, 0.6) is 0 Å². The van der Waals surface area contributed by atoms with Crippen LogP contribution in [0.4, 0.5) is 0 Å². The van der Waals surface area contributed by atoms with E-state index in [0.717, 1.165) is 54.8 Å². The van der Waals surface area contributed by atoms with E-state index in [0.29, 0.717) is 5.41 Å². The van der Waals surface area contributed by atoms with Crippen LogP contribution in [-0.2, 0) is 14.3 Å². The smallest absolute Gasteiger partial charge is 0.306 e. The van der Waals surface area contributed by atoms with Crippen LogP contribution < -0.4 is 0 Å². The summed E-state index contributed by atoms with van der Waals surface area (Å²) in [5.74, 6) is 3.68. The zero-order valence-corrected chi connectivity index (χ0v) is 23.0. The van der Waals surface area contributed by atoms with Crippen LogP contribution >= 0.6 is 0 Å². The van der Waals surface area contributed by atoms with E-state index in [9.17, 15) is 9.59 Å². The average Bonchev–Trinajstić information content (AvgIpc) is 3.15. The van der Waals surface area contributed by atoms with E-state index in [1.165, 1.54) is 56.9 Å². The second-order valence-electron chi connectivity index (χ2n) is 13.5. The van der Waals surface area contributed by atoms with Gasteiger partial charge in [-0.15, -0.1) is 0 Å². The molecular formula is C31H50O4. The zero-order chi connectivity index (χ0) is 25.4. The van der Waals surface area contributed by atoms with Gasteiger partial charge in [0.25, 0.3) is 0 Å². The molecule has 1 N–H and O–H groups in total. The molecule has 4 nitrogen and oxygen atoms in total. The minimum atomic E-state index is -0.942. The molecule has 4 aliphatic carbocycles. The molecule has 0 aliphatic heterocycles. The molecular weight excluding hydrogens is 436 g/mol. The summed E-state index contributed by atoms with van der Waals surface area (Å²) in [5.41, 5.74) is 2.27. The lowest BCUT2D eigenvalue weighted by Gasteiger charge is -2.58.